The van der Waals surface area contributed by atoms with Crippen LogP contribution < -0.4 is 5.32 Å². The summed E-state index contributed by atoms with van der Waals surface area (Å²) in [5.41, 5.74) is 4.10. The average molecular weight is 506 g/mol. The second-order valence-electron chi connectivity index (χ2n) is 9.98. The number of rotatable bonds is 7. The molecule has 0 bridgehead atoms. The van der Waals surface area contributed by atoms with Crippen LogP contribution in [0.25, 0.3) is 11.4 Å². The highest BCUT2D eigenvalue weighted by molar-refractivity contribution is 7.99. The number of hydrogen-bond acceptors (Lipinski definition) is 6. The molecule has 1 aliphatic carbocycles. The van der Waals surface area contributed by atoms with Crippen molar-refractivity contribution in [2.75, 3.05) is 11.1 Å². The second kappa shape index (κ2) is 10.4. The van der Waals surface area contributed by atoms with Gasteiger partial charge < -0.3 is 5.32 Å². The maximum atomic E-state index is 12.9. The fourth-order valence-corrected chi connectivity index (χ4v) is 6.58. The Morgan fingerprint density at radius 1 is 1.37 bits per heavy atom. The molecule has 1 atom stereocenters. The van der Waals surface area contributed by atoms with Crippen molar-refractivity contribution < 1.29 is 4.79 Å². The summed E-state index contributed by atoms with van der Waals surface area (Å²) in [5.74, 6) is 1.37. The van der Waals surface area contributed by atoms with Crippen LogP contribution >= 0.6 is 23.1 Å². The quantitative estimate of drug-likeness (QED) is 0.303. The van der Waals surface area contributed by atoms with Crippen LogP contribution in [-0.2, 0) is 24.2 Å². The molecule has 1 unspecified atom stereocenters. The van der Waals surface area contributed by atoms with Crippen LogP contribution in [0.4, 0.5) is 5.00 Å². The number of nitrogens with zero attached hydrogens (tertiary/aromatic N) is 4. The lowest BCUT2D eigenvalue weighted by atomic mass is 9.72. The lowest BCUT2D eigenvalue weighted by Gasteiger charge is -2.33. The van der Waals surface area contributed by atoms with Gasteiger partial charge in [0.2, 0.25) is 5.91 Å². The molecule has 3 aromatic rings. The Morgan fingerprint density at radius 2 is 2.14 bits per heavy atom. The first-order chi connectivity index (χ1) is 16.7. The molecule has 1 aliphatic rings. The number of carbonyl (C=O) groups is 1. The summed E-state index contributed by atoms with van der Waals surface area (Å²) in [5, 5.41) is 22.9. The Hall–Kier alpha value is -2.89. The van der Waals surface area contributed by atoms with E-state index in [4.69, 9.17) is 0 Å². The number of carbonyl (C=O) groups excluding carboxylic acids is 1. The van der Waals surface area contributed by atoms with Crippen molar-refractivity contribution in [3.05, 3.63) is 58.5 Å². The number of thioether (sulfide) groups is 1. The van der Waals surface area contributed by atoms with Gasteiger partial charge >= 0.3 is 0 Å². The molecule has 1 N–H and O–H groups in total. The second-order valence-corrected chi connectivity index (χ2v) is 12.0. The summed E-state index contributed by atoms with van der Waals surface area (Å²) >= 11 is 2.90. The van der Waals surface area contributed by atoms with Crippen LogP contribution in [0.5, 0.6) is 0 Å². The van der Waals surface area contributed by atoms with E-state index in [1.165, 1.54) is 16.6 Å². The molecule has 1 aromatic carbocycles. The molecule has 4 rings (SSSR count). The van der Waals surface area contributed by atoms with E-state index >= 15 is 0 Å². The number of benzene rings is 1. The molecule has 35 heavy (non-hydrogen) atoms. The number of amides is 1. The zero-order chi connectivity index (χ0) is 25.2. The number of allylic oxidation sites excluding steroid dienone is 1. The monoisotopic (exact) mass is 505 g/mol. The van der Waals surface area contributed by atoms with E-state index in [-0.39, 0.29) is 17.1 Å². The fourth-order valence-electron chi connectivity index (χ4n) is 4.54. The standard InChI is InChI=1S/C27H31N5OS2/c1-6-13-32-24(19-10-8-7-9-17(19)2)30-31-26(32)34-16-23(33)29-25-21(15-28)20-12-11-18(27(3,4)5)14-22(20)35-25/h6-10,18H,1,11-14,16H2,2-5H3,(H,29,33). The van der Waals surface area contributed by atoms with Crippen LogP contribution in [0.1, 0.15) is 48.8 Å². The minimum atomic E-state index is -0.150. The SMILES string of the molecule is C=CCn1c(SCC(=O)Nc2sc3c(c2C#N)CCC(C(C)(C)C)C3)nnc1-c1ccccc1C. The molecular weight excluding hydrogens is 474 g/mol. The van der Waals surface area contributed by atoms with Crippen molar-refractivity contribution in [3.63, 3.8) is 0 Å². The van der Waals surface area contributed by atoms with E-state index < -0.39 is 0 Å². The topological polar surface area (TPSA) is 83.6 Å². The highest BCUT2D eigenvalue weighted by Gasteiger charge is 2.32. The Kier molecular flexibility index (Phi) is 7.48. The van der Waals surface area contributed by atoms with Crippen molar-refractivity contribution in [1.29, 1.82) is 5.26 Å². The van der Waals surface area contributed by atoms with E-state index in [0.29, 0.717) is 28.2 Å². The van der Waals surface area contributed by atoms with Gasteiger partial charge in [0.15, 0.2) is 11.0 Å². The predicted octanol–water partition coefficient (Wildman–Crippen LogP) is 6.25. The number of aryl methyl sites for hydroxylation is 1. The number of aromatic nitrogens is 3. The van der Waals surface area contributed by atoms with Gasteiger partial charge in [0.25, 0.3) is 0 Å². The maximum absolute atomic E-state index is 12.9. The molecular formula is C27H31N5OS2. The summed E-state index contributed by atoms with van der Waals surface area (Å²) in [6, 6.07) is 10.4. The van der Waals surface area contributed by atoms with E-state index in [9.17, 15) is 10.1 Å². The van der Waals surface area contributed by atoms with E-state index in [2.05, 4.69) is 48.9 Å². The Labute approximate surface area is 215 Å². The maximum Gasteiger partial charge on any atom is 0.235 e. The smallest absolute Gasteiger partial charge is 0.235 e. The summed E-state index contributed by atoms with van der Waals surface area (Å²) < 4.78 is 1.98. The van der Waals surface area contributed by atoms with Crippen LogP contribution in [-0.4, -0.2) is 26.4 Å². The van der Waals surface area contributed by atoms with Gasteiger partial charge in [-0.1, -0.05) is 62.9 Å². The summed E-state index contributed by atoms with van der Waals surface area (Å²) in [6.07, 6.45) is 4.74. The van der Waals surface area contributed by atoms with Gasteiger partial charge in [0, 0.05) is 17.0 Å². The minimum absolute atomic E-state index is 0.150. The van der Waals surface area contributed by atoms with Crippen LogP contribution in [0.15, 0.2) is 42.1 Å². The summed E-state index contributed by atoms with van der Waals surface area (Å²) in [6.45, 7) is 13.3. The number of nitrogens with one attached hydrogen (secondary N) is 1. The molecule has 1 amide bonds. The third-order valence-corrected chi connectivity index (χ3v) is 8.74. The van der Waals surface area contributed by atoms with E-state index in [0.717, 1.165) is 41.8 Å². The highest BCUT2D eigenvalue weighted by atomic mass is 32.2. The average Bonchev–Trinajstić information content (AvgIpc) is 3.37. The van der Waals surface area contributed by atoms with E-state index in [1.54, 1.807) is 17.4 Å². The Morgan fingerprint density at radius 3 is 2.83 bits per heavy atom. The van der Waals surface area contributed by atoms with Crippen molar-refractivity contribution in [1.82, 2.24) is 14.8 Å². The number of hydrogen-bond donors (Lipinski definition) is 1. The molecule has 0 saturated heterocycles. The first-order valence-corrected chi connectivity index (χ1v) is 13.6. The van der Waals surface area contributed by atoms with Gasteiger partial charge in [-0.25, -0.2) is 0 Å². The third kappa shape index (κ3) is 5.36. The molecule has 0 aliphatic heterocycles. The Balaban J connectivity index is 1.48. The third-order valence-electron chi connectivity index (χ3n) is 6.60. The molecule has 182 valence electrons. The summed E-state index contributed by atoms with van der Waals surface area (Å²) in [7, 11) is 0. The molecule has 0 radical (unpaired) electrons. The fraction of sp³-hybridized carbons (Fsp3) is 0.407. The molecule has 0 saturated carbocycles. The van der Waals surface area contributed by atoms with Gasteiger partial charge in [-0.15, -0.1) is 28.1 Å². The minimum Gasteiger partial charge on any atom is -0.316 e. The number of fused-ring (bicyclic) bond motifs is 1. The highest BCUT2D eigenvalue weighted by Crippen LogP contribution is 2.44. The Bertz CT molecular complexity index is 1290. The molecule has 2 heterocycles. The zero-order valence-electron chi connectivity index (χ0n) is 20.7. The molecule has 0 fully saturated rings. The first kappa shape index (κ1) is 25.2. The lowest BCUT2D eigenvalue weighted by Crippen LogP contribution is -2.26. The van der Waals surface area contributed by atoms with Crippen molar-refractivity contribution in [3.8, 4) is 17.5 Å². The van der Waals surface area contributed by atoms with Gasteiger partial charge in [-0.3, -0.25) is 9.36 Å². The van der Waals surface area contributed by atoms with Crippen LogP contribution in [0.2, 0.25) is 0 Å². The summed E-state index contributed by atoms with van der Waals surface area (Å²) in [4.78, 5) is 14.1. The van der Waals surface area contributed by atoms with Gasteiger partial charge in [-0.2, -0.15) is 5.26 Å². The van der Waals surface area contributed by atoms with Crippen LogP contribution in [0, 0.1) is 29.6 Å². The molecule has 6 nitrogen and oxygen atoms in total. The molecule has 0 spiro atoms. The zero-order valence-corrected chi connectivity index (χ0v) is 22.4. The number of nitriles is 1. The first-order valence-electron chi connectivity index (χ1n) is 11.8. The van der Waals surface area contributed by atoms with Crippen molar-refractivity contribution >= 4 is 34.0 Å². The predicted molar refractivity (Wildman–Crippen MR) is 144 cm³/mol. The van der Waals surface area contributed by atoms with Gasteiger partial charge in [0.05, 0.1) is 11.3 Å². The van der Waals surface area contributed by atoms with Crippen molar-refractivity contribution in [2.45, 2.75) is 58.7 Å². The lowest BCUT2D eigenvalue weighted by molar-refractivity contribution is -0.113. The van der Waals surface area contributed by atoms with E-state index in [1.807, 2.05) is 35.8 Å². The van der Waals surface area contributed by atoms with Crippen molar-refractivity contribution in [2.24, 2.45) is 11.3 Å². The van der Waals surface area contributed by atoms with Gasteiger partial charge in [-0.05, 0) is 48.6 Å². The normalized spacial score (nSPS) is 15.3. The van der Waals surface area contributed by atoms with Gasteiger partial charge in [0.1, 0.15) is 11.1 Å². The molecule has 2 aromatic heterocycles. The van der Waals surface area contributed by atoms with Crippen LogP contribution in [0.3, 0.4) is 0 Å². The number of anilines is 1. The number of thiophene rings is 1. The largest absolute Gasteiger partial charge is 0.316 e. The molecule has 8 heteroatoms.